The van der Waals surface area contributed by atoms with E-state index in [9.17, 15) is 4.79 Å². The molecule has 1 N–H and O–H groups in total. The molecule has 28 heavy (non-hydrogen) atoms. The molecule has 0 saturated heterocycles. The van der Waals surface area contributed by atoms with Gasteiger partial charge in [-0.2, -0.15) is 0 Å². The van der Waals surface area contributed by atoms with E-state index >= 15 is 0 Å². The van der Waals surface area contributed by atoms with Crippen LogP contribution in [0.4, 0.5) is 0 Å². The van der Waals surface area contributed by atoms with Crippen molar-refractivity contribution >= 4 is 5.91 Å². The number of hydrogen-bond acceptors (Lipinski definition) is 4. The Hall–Kier alpha value is -3.34. The fourth-order valence-electron chi connectivity index (χ4n) is 3.39. The molecule has 1 atom stereocenters. The minimum atomic E-state index is -0.0471. The van der Waals surface area contributed by atoms with Crippen molar-refractivity contribution in [3.05, 3.63) is 89.7 Å². The van der Waals surface area contributed by atoms with Crippen LogP contribution in [-0.2, 0) is 11.2 Å². The molecule has 0 unspecified atom stereocenters. The van der Waals surface area contributed by atoms with Crippen LogP contribution in [-0.4, -0.2) is 24.2 Å². The number of hydrogen-bond donors (Lipinski definition) is 1. The van der Waals surface area contributed by atoms with Gasteiger partial charge in [-0.1, -0.05) is 42.5 Å². The summed E-state index contributed by atoms with van der Waals surface area (Å²) in [5.74, 6) is 1.46. The van der Waals surface area contributed by atoms with Crippen LogP contribution >= 0.6 is 0 Å². The molecule has 2 heterocycles. The lowest BCUT2D eigenvalue weighted by Crippen LogP contribution is -2.27. The normalized spacial score (nSPS) is 13.1. The van der Waals surface area contributed by atoms with Crippen LogP contribution in [0.25, 0.3) is 0 Å². The van der Waals surface area contributed by atoms with E-state index in [0.717, 1.165) is 34.6 Å². The number of nitrogens with one attached hydrogen (secondary N) is 1. The Morgan fingerprint density at radius 3 is 2.68 bits per heavy atom. The maximum atomic E-state index is 12.6. The first-order valence-corrected chi connectivity index (χ1v) is 9.40. The van der Waals surface area contributed by atoms with Crippen LogP contribution in [0.3, 0.4) is 0 Å². The van der Waals surface area contributed by atoms with E-state index in [-0.39, 0.29) is 18.6 Å². The average molecular weight is 374 g/mol. The summed E-state index contributed by atoms with van der Waals surface area (Å²) >= 11 is 0. The van der Waals surface area contributed by atoms with Gasteiger partial charge in [-0.15, -0.1) is 0 Å². The topological polar surface area (TPSA) is 60.5 Å². The van der Waals surface area contributed by atoms with Gasteiger partial charge in [0.25, 0.3) is 0 Å². The second-order valence-corrected chi connectivity index (χ2v) is 6.74. The third-order valence-electron chi connectivity index (χ3n) is 4.85. The van der Waals surface area contributed by atoms with Gasteiger partial charge in [0.05, 0.1) is 0 Å². The number of fused-ring (bicyclic) bond motifs is 1. The van der Waals surface area contributed by atoms with Crippen LogP contribution in [0.5, 0.6) is 11.5 Å². The highest BCUT2D eigenvalue weighted by Gasteiger charge is 2.21. The van der Waals surface area contributed by atoms with Crippen molar-refractivity contribution in [1.82, 2.24) is 10.3 Å². The maximum absolute atomic E-state index is 12.6. The number of rotatable bonds is 7. The third-order valence-corrected chi connectivity index (χ3v) is 4.85. The molecule has 0 saturated carbocycles. The zero-order valence-electron chi connectivity index (χ0n) is 15.5. The van der Waals surface area contributed by atoms with Gasteiger partial charge in [0.15, 0.2) is 11.5 Å². The Morgan fingerprint density at radius 2 is 1.86 bits per heavy atom. The number of amides is 1. The summed E-state index contributed by atoms with van der Waals surface area (Å²) in [6.45, 7) is 0.830. The van der Waals surface area contributed by atoms with Gasteiger partial charge in [-0.05, 0) is 41.3 Å². The van der Waals surface area contributed by atoms with Crippen molar-refractivity contribution in [2.75, 3.05) is 13.3 Å². The molecule has 5 heteroatoms. The van der Waals surface area contributed by atoms with Crippen molar-refractivity contribution in [3.8, 4) is 11.5 Å². The monoisotopic (exact) mass is 374 g/mol. The predicted molar refractivity (Wildman–Crippen MR) is 106 cm³/mol. The van der Waals surface area contributed by atoms with Gasteiger partial charge >= 0.3 is 0 Å². The zero-order chi connectivity index (χ0) is 19.2. The van der Waals surface area contributed by atoms with Gasteiger partial charge < -0.3 is 14.8 Å². The Morgan fingerprint density at radius 1 is 1.00 bits per heavy atom. The highest BCUT2D eigenvalue weighted by molar-refractivity contribution is 5.77. The first-order chi connectivity index (χ1) is 13.8. The van der Waals surface area contributed by atoms with Crippen molar-refractivity contribution in [2.24, 2.45) is 0 Å². The smallest absolute Gasteiger partial charge is 0.231 e. The van der Waals surface area contributed by atoms with Crippen molar-refractivity contribution in [1.29, 1.82) is 0 Å². The van der Waals surface area contributed by atoms with Crippen molar-refractivity contribution < 1.29 is 14.3 Å². The summed E-state index contributed by atoms with van der Waals surface area (Å²) in [5.41, 5.74) is 3.25. The first-order valence-electron chi connectivity index (χ1n) is 9.40. The molecule has 1 aromatic heterocycles. The summed E-state index contributed by atoms with van der Waals surface area (Å²) in [5, 5.41) is 3.03. The Bertz CT molecular complexity index is 929. The lowest BCUT2D eigenvalue weighted by atomic mass is 9.88. The van der Waals surface area contributed by atoms with E-state index in [1.165, 1.54) is 0 Å². The van der Waals surface area contributed by atoms with Crippen LogP contribution < -0.4 is 14.8 Å². The molecular formula is C23H22N2O3. The highest BCUT2D eigenvalue weighted by atomic mass is 16.7. The number of carbonyl (C=O) groups is 1. The quantitative estimate of drug-likeness (QED) is 0.685. The van der Waals surface area contributed by atoms with Crippen LogP contribution in [0, 0.1) is 0 Å². The first kappa shape index (κ1) is 18.0. The van der Waals surface area contributed by atoms with Crippen molar-refractivity contribution in [3.63, 3.8) is 0 Å². The predicted octanol–water partition coefficient (Wildman–Crippen LogP) is 3.69. The number of carbonyl (C=O) groups excluding carboxylic acids is 1. The molecule has 1 aliphatic rings. The number of aromatic nitrogens is 1. The Balaban J connectivity index is 1.46. The lowest BCUT2D eigenvalue weighted by Gasteiger charge is -2.18. The minimum Gasteiger partial charge on any atom is -0.454 e. The Kier molecular flexibility index (Phi) is 5.52. The molecule has 0 aliphatic carbocycles. The zero-order valence-corrected chi connectivity index (χ0v) is 15.5. The van der Waals surface area contributed by atoms with Gasteiger partial charge in [-0.25, -0.2) is 0 Å². The maximum Gasteiger partial charge on any atom is 0.231 e. The van der Waals surface area contributed by atoms with Crippen LogP contribution in [0.2, 0.25) is 0 Å². The molecule has 0 bridgehead atoms. The molecule has 1 amide bonds. The number of ether oxygens (including phenoxy) is 2. The SMILES string of the molecule is O=C(C[C@H](c1ccccc1)c1ccc2c(c1)OCO2)NCCc1cccnc1. The molecule has 0 radical (unpaired) electrons. The second-order valence-electron chi connectivity index (χ2n) is 6.74. The summed E-state index contributed by atoms with van der Waals surface area (Å²) in [6.07, 6.45) is 4.71. The van der Waals surface area contributed by atoms with Gasteiger partial charge in [0.2, 0.25) is 12.7 Å². The van der Waals surface area contributed by atoms with E-state index in [1.807, 2.05) is 54.7 Å². The molecule has 0 fully saturated rings. The van der Waals surface area contributed by atoms with Crippen LogP contribution in [0.15, 0.2) is 73.1 Å². The molecule has 142 valence electrons. The van der Waals surface area contributed by atoms with Crippen molar-refractivity contribution in [2.45, 2.75) is 18.8 Å². The molecular weight excluding hydrogens is 352 g/mol. The third kappa shape index (κ3) is 4.31. The molecule has 5 nitrogen and oxygen atoms in total. The average Bonchev–Trinajstić information content (AvgIpc) is 3.21. The fourth-order valence-corrected chi connectivity index (χ4v) is 3.39. The second kappa shape index (κ2) is 8.57. The van der Waals surface area contributed by atoms with Crippen LogP contribution in [0.1, 0.15) is 29.0 Å². The van der Waals surface area contributed by atoms with Gasteiger partial charge in [0, 0.05) is 31.3 Å². The van der Waals surface area contributed by atoms with E-state index in [1.54, 1.807) is 6.20 Å². The van der Waals surface area contributed by atoms with Gasteiger partial charge in [0.1, 0.15) is 0 Å². The molecule has 4 rings (SSSR count). The number of nitrogens with zero attached hydrogens (tertiary/aromatic N) is 1. The summed E-state index contributed by atoms with van der Waals surface area (Å²) < 4.78 is 10.9. The van der Waals surface area contributed by atoms with Gasteiger partial charge in [-0.3, -0.25) is 9.78 Å². The Labute approximate surface area is 164 Å². The number of benzene rings is 2. The summed E-state index contributed by atoms with van der Waals surface area (Å²) in [6, 6.07) is 19.9. The highest BCUT2D eigenvalue weighted by Crippen LogP contribution is 2.37. The van der Waals surface area contributed by atoms with E-state index in [2.05, 4.69) is 22.4 Å². The summed E-state index contributed by atoms with van der Waals surface area (Å²) in [4.78, 5) is 16.7. The lowest BCUT2D eigenvalue weighted by molar-refractivity contribution is -0.121. The van der Waals surface area contributed by atoms with E-state index < -0.39 is 0 Å². The number of pyridine rings is 1. The molecule has 3 aromatic rings. The molecule has 1 aliphatic heterocycles. The fraction of sp³-hybridized carbons (Fsp3) is 0.217. The minimum absolute atomic E-state index is 0.0235. The molecule has 0 spiro atoms. The van der Waals surface area contributed by atoms with E-state index in [0.29, 0.717) is 13.0 Å². The largest absolute Gasteiger partial charge is 0.454 e. The van der Waals surface area contributed by atoms with E-state index in [4.69, 9.17) is 9.47 Å². The summed E-state index contributed by atoms with van der Waals surface area (Å²) in [7, 11) is 0. The standard InChI is InChI=1S/C23H22N2O3/c26-23(25-12-10-17-5-4-11-24-15-17)14-20(18-6-2-1-3-7-18)19-8-9-21-22(13-19)28-16-27-21/h1-9,11,13,15,20H,10,12,14,16H2,(H,25,26)/t20-/m1/s1. The molecule has 2 aromatic carbocycles.